The topological polar surface area (TPSA) is 40.5 Å². The van der Waals surface area contributed by atoms with Gasteiger partial charge in [0.2, 0.25) is 0 Å². The highest BCUT2D eigenvalue weighted by Gasteiger charge is 2.28. The first-order valence-electron chi connectivity index (χ1n) is 7.64. The van der Waals surface area contributed by atoms with Crippen molar-refractivity contribution in [3.63, 3.8) is 0 Å². The number of rotatable bonds is 4. The van der Waals surface area contributed by atoms with Crippen LogP contribution in [0, 0.1) is 17.8 Å². The highest BCUT2D eigenvalue weighted by molar-refractivity contribution is 5.70. The van der Waals surface area contributed by atoms with Gasteiger partial charge in [0, 0.05) is 13.1 Å². The zero-order valence-electron chi connectivity index (χ0n) is 11.6. The molecule has 3 heteroatoms. The highest BCUT2D eigenvalue weighted by Crippen LogP contribution is 2.32. The van der Waals surface area contributed by atoms with Crippen LogP contribution in [-0.4, -0.2) is 35.6 Å². The zero-order chi connectivity index (χ0) is 13.0. The summed E-state index contributed by atoms with van der Waals surface area (Å²) in [5.74, 6) is 1.01. The summed E-state index contributed by atoms with van der Waals surface area (Å²) in [6, 6.07) is 0. The van der Waals surface area contributed by atoms with Crippen LogP contribution in [0.2, 0.25) is 0 Å². The Hall–Kier alpha value is -0.570. The van der Waals surface area contributed by atoms with Gasteiger partial charge in [-0.15, -0.1) is 0 Å². The minimum Gasteiger partial charge on any atom is -0.481 e. The fraction of sp³-hybridized carbons (Fsp3) is 0.933. The Morgan fingerprint density at radius 1 is 1.22 bits per heavy atom. The molecule has 1 heterocycles. The molecule has 0 aromatic rings. The standard InChI is InChI=1S/C15H27NO2/c1-2-12-5-3-6-13(9-12)10-16-8-4-7-14(11-16)15(17)18/h12-14H,2-11H2,1H3,(H,17,18). The molecule has 0 amide bonds. The molecule has 0 spiro atoms. The third kappa shape index (κ3) is 3.71. The van der Waals surface area contributed by atoms with Crippen LogP contribution >= 0.6 is 0 Å². The number of aliphatic carboxylic acids is 1. The van der Waals surface area contributed by atoms with Gasteiger partial charge in [0.05, 0.1) is 5.92 Å². The number of likely N-dealkylation sites (tertiary alicyclic amines) is 1. The second kappa shape index (κ2) is 6.55. The lowest BCUT2D eigenvalue weighted by atomic mass is 9.79. The third-order valence-electron chi connectivity index (χ3n) is 4.84. The molecule has 2 aliphatic rings. The number of nitrogens with zero attached hydrogens (tertiary/aromatic N) is 1. The summed E-state index contributed by atoms with van der Waals surface area (Å²) in [4.78, 5) is 13.5. The summed E-state index contributed by atoms with van der Waals surface area (Å²) in [5.41, 5.74) is 0. The van der Waals surface area contributed by atoms with E-state index in [0.717, 1.165) is 44.3 Å². The maximum absolute atomic E-state index is 11.1. The predicted octanol–water partition coefficient (Wildman–Crippen LogP) is 3.00. The first-order valence-corrected chi connectivity index (χ1v) is 7.64. The molecular formula is C15H27NO2. The largest absolute Gasteiger partial charge is 0.481 e. The number of piperidine rings is 1. The normalized spacial score (nSPS) is 34.4. The molecule has 0 aromatic carbocycles. The van der Waals surface area contributed by atoms with Crippen molar-refractivity contribution >= 4 is 5.97 Å². The van der Waals surface area contributed by atoms with Crippen molar-refractivity contribution in [1.29, 1.82) is 0 Å². The maximum atomic E-state index is 11.1. The summed E-state index contributed by atoms with van der Waals surface area (Å²) in [5, 5.41) is 9.12. The summed E-state index contributed by atoms with van der Waals surface area (Å²) >= 11 is 0. The molecule has 1 saturated heterocycles. The lowest BCUT2D eigenvalue weighted by molar-refractivity contribution is -0.143. The monoisotopic (exact) mass is 253 g/mol. The highest BCUT2D eigenvalue weighted by atomic mass is 16.4. The molecule has 1 saturated carbocycles. The Morgan fingerprint density at radius 2 is 2.00 bits per heavy atom. The van der Waals surface area contributed by atoms with Crippen LogP contribution in [0.4, 0.5) is 0 Å². The van der Waals surface area contributed by atoms with E-state index in [1.807, 2.05) is 0 Å². The molecule has 104 valence electrons. The smallest absolute Gasteiger partial charge is 0.307 e. The SMILES string of the molecule is CCC1CCCC(CN2CCCC(C(=O)O)C2)C1. The molecule has 0 bridgehead atoms. The van der Waals surface area contributed by atoms with E-state index in [-0.39, 0.29) is 5.92 Å². The van der Waals surface area contributed by atoms with Gasteiger partial charge in [-0.3, -0.25) is 4.79 Å². The molecule has 2 fully saturated rings. The van der Waals surface area contributed by atoms with Crippen molar-refractivity contribution in [2.45, 2.75) is 51.9 Å². The molecule has 3 nitrogen and oxygen atoms in total. The molecule has 2 rings (SSSR count). The van der Waals surface area contributed by atoms with Crippen LogP contribution in [-0.2, 0) is 4.79 Å². The van der Waals surface area contributed by atoms with Crippen LogP contribution in [0.5, 0.6) is 0 Å². The number of carboxylic acid groups (broad SMARTS) is 1. The molecule has 0 radical (unpaired) electrons. The molecule has 1 aliphatic heterocycles. The third-order valence-corrected chi connectivity index (χ3v) is 4.84. The summed E-state index contributed by atoms with van der Waals surface area (Å²) in [7, 11) is 0. The van der Waals surface area contributed by atoms with E-state index in [4.69, 9.17) is 5.11 Å². The Kier molecular flexibility index (Phi) is 5.04. The summed E-state index contributed by atoms with van der Waals surface area (Å²) in [6.45, 7) is 5.33. The minimum atomic E-state index is -0.602. The van der Waals surface area contributed by atoms with Crippen LogP contribution in [0.15, 0.2) is 0 Å². The Bertz CT molecular complexity index is 280. The van der Waals surface area contributed by atoms with Crippen molar-refractivity contribution in [3.05, 3.63) is 0 Å². The van der Waals surface area contributed by atoms with Crippen molar-refractivity contribution in [2.24, 2.45) is 17.8 Å². The number of hydrogen-bond acceptors (Lipinski definition) is 2. The summed E-state index contributed by atoms with van der Waals surface area (Å²) < 4.78 is 0. The van der Waals surface area contributed by atoms with Crippen molar-refractivity contribution in [3.8, 4) is 0 Å². The second-order valence-corrected chi connectivity index (χ2v) is 6.24. The van der Waals surface area contributed by atoms with E-state index in [1.54, 1.807) is 0 Å². The molecule has 1 aliphatic carbocycles. The summed E-state index contributed by atoms with van der Waals surface area (Å²) in [6.07, 6.45) is 8.74. The van der Waals surface area contributed by atoms with E-state index in [0.29, 0.717) is 0 Å². The van der Waals surface area contributed by atoms with Gasteiger partial charge >= 0.3 is 5.97 Å². The van der Waals surface area contributed by atoms with Crippen LogP contribution < -0.4 is 0 Å². The second-order valence-electron chi connectivity index (χ2n) is 6.24. The van der Waals surface area contributed by atoms with Crippen LogP contribution in [0.25, 0.3) is 0 Å². The van der Waals surface area contributed by atoms with E-state index in [9.17, 15) is 4.79 Å². The molecule has 0 aromatic heterocycles. The lowest BCUT2D eigenvalue weighted by Gasteiger charge is -2.36. The first-order chi connectivity index (χ1) is 8.69. The van der Waals surface area contributed by atoms with Gasteiger partial charge < -0.3 is 10.0 Å². The molecule has 1 N–H and O–H groups in total. The van der Waals surface area contributed by atoms with Crippen molar-refractivity contribution in [2.75, 3.05) is 19.6 Å². The van der Waals surface area contributed by atoms with Crippen LogP contribution in [0.3, 0.4) is 0 Å². The number of hydrogen-bond donors (Lipinski definition) is 1. The number of carbonyl (C=O) groups is 1. The first kappa shape index (κ1) is 13.9. The average molecular weight is 253 g/mol. The number of carboxylic acids is 1. The Labute approximate surface area is 111 Å². The van der Waals surface area contributed by atoms with Gasteiger partial charge in [-0.05, 0) is 44.1 Å². The fourth-order valence-corrected chi connectivity index (χ4v) is 3.73. The molecular weight excluding hydrogens is 226 g/mol. The van der Waals surface area contributed by atoms with E-state index >= 15 is 0 Å². The average Bonchev–Trinajstić information content (AvgIpc) is 2.39. The Balaban J connectivity index is 1.79. The Morgan fingerprint density at radius 3 is 2.72 bits per heavy atom. The molecule has 3 unspecified atom stereocenters. The van der Waals surface area contributed by atoms with Gasteiger partial charge in [0.1, 0.15) is 0 Å². The zero-order valence-corrected chi connectivity index (χ0v) is 11.6. The van der Waals surface area contributed by atoms with Gasteiger partial charge in [-0.25, -0.2) is 0 Å². The lowest BCUT2D eigenvalue weighted by Crippen LogP contribution is -2.41. The van der Waals surface area contributed by atoms with Gasteiger partial charge in [0.25, 0.3) is 0 Å². The van der Waals surface area contributed by atoms with Gasteiger partial charge in [-0.2, -0.15) is 0 Å². The fourth-order valence-electron chi connectivity index (χ4n) is 3.73. The van der Waals surface area contributed by atoms with Crippen molar-refractivity contribution in [1.82, 2.24) is 4.90 Å². The quantitative estimate of drug-likeness (QED) is 0.837. The molecule has 18 heavy (non-hydrogen) atoms. The van der Waals surface area contributed by atoms with Crippen LogP contribution in [0.1, 0.15) is 51.9 Å². The minimum absolute atomic E-state index is 0.121. The van der Waals surface area contributed by atoms with Gasteiger partial charge in [0.15, 0.2) is 0 Å². The van der Waals surface area contributed by atoms with E-state index in [1.165, 1.54) is 32.1 Å². The predicted molar refractivity (Wildman–Crippen MR) is 72.5 cm³/mol. The van der Waals surface area contributed by atoms with Gasteiger partial charge in [-0.1, -0.05) is 26.2 Å². The van der Waals surface area contributed by atoms with E-state index in [2.05, 4.69) is 11.8 Å². The maximum Gasteiger partial charge on any atom is 0.307 e. The van der Waals surface area contributed by atoms with E-state index < -0.39 is 5.97 Å². The van der Waals surface area contributed by atoms with Crippen molar-refractivity contribution < 1.29 is 9.90 Å². The molecule has 3 atom stereocenters.